The first-order valence-corrected chi connectivity index (χ1v) is 12.5. The summed E-state index contributed by atoms with van der Waals surface area (Å²) in [5.41, 5.74) is 4.17. The van der Waals surface area contributed by atoms with E-state index in [2.05, 4.69) is 4.90 Å². The third-order valence-electron chi connectivity index (χ3n) is 8.05. The lowest BCUT2D eigenvalue weighted by Crippen LogP contribution is -2.69. The SMILES string of the molecule is COCCN1CC2CCCC(Cc3ccc(F)cc3F)C2N2C(=O)c3c(O)c(=O)c(C(N)=O)cn3CC12. The summed E-state index contributed by atoms with van der Waals surface area (Å²) in [5.74, 6) is -3.58. The van der Waals surface area contributed by atoms with Crippen LogP contribution in [0.2, 0.25) is 0 Å². The average molecular weight is 517 g/mol. The van der Waals surface area contributed by atoms with Crippen LogP contribution in [0.15, 0.2) is 29.2 Å². The number of amides is 2. The zero-order valence-electron chi connectivity index (χ0n) is 20.5. The predicted molar refractivity (Wildman–Crippen MR) is 129 cm³/mol. The van der Waals surface area contributed by atoms with E-state index < -0.39 is 40.8 Å². The van der Waals surface area contributed by atoms with Crippen LogP contribution in [-0.4, -0.2) is 70.3 Å². The zero-order chi connectivity index (χ0) is 26.4. The van der Waals surface area contributed by atoms with E-state index in [4.69, 9.17) is 10.5 Å². The Kier molecular flexibility index (Phi) is 6.76. The van der Waals surface area contributed by atoms with Crippen molar-refractivity contribution in [2.45, 2.75) is 44.4 Å². The molecule has 2 fully saturated rings. The first-order valence-electron chi connectivity index (χ1n) is 12.5. The largest absolute Gasteiger partial charge is 0.503 e. The number of methoxy groups -OCH3 is 1. The van der Waals surface area contributed by atoms with Crippen LogP contribution >= 0.6 is 0 Å². The highest BCUT2D eigenvalue weighted by atomic mass is 19.1. The second-order valence-electron chi connectivity index (χ2n) is 10.1. The molecule has 1 saturated heterocycles. The summed E-state index contributed by atoms with van der Waals surface area (Å²) >= 11 is 0. The van der Waals surface area contributed by atoms with E-state index in [0.29, 0.717) is 31.7 Å². The molecule has 1 aromatic carbocycles. The maximum atomic E-state index is 14.6. The molecule has 0 spiro atoms. The highest BCUT2D eigenvalue weighted by molar-refractivity contribution is 5.99. The van der Waals surface area contributed by atoms with Crippen LogP contribution in [0.1, 0.15) is 45.7 Å². The van der Waals surface area contributed by atoms with Gasteiger partial charge in [-0.1, -0.05) is 12.5 Å². The Bertz CT molecular complexity index is 1300. The number of hydrogen-bond donors (Lipinski definition) is 2. The molecule has 11 heteroatoms. The van der Waals surface area contributed by atoms with Crippen molar-refractivity contribution < 1.29 is 28.2 Å². The minimum atomic E-state index is -0.987. The molecule has 1 saturated carbocycles. The smallest absolute Gasteiger partial charge is 0.276 e. The van der Waals surface area contributed by atoms with E-state index in [1.807, 2.05) is 0 Å². The molecule has 2 aromatic rings. The van der Waals surface area contributed by atoms with Gasteiger partial charge in [0.25, 0.3) is 11.8 Å². The minimum Gasteiger partial charge on any atom is -0.503 e. The molecule has 9 nitrogen and oxygen atoms in total. The summed E-state index contributed by atoms with van der Waals surface area (Å²) in [6.45, 7) is 1.89. The Morgan fingerprint density at radius 2 is 2.00 bits per heavy atom. The van der Waals surface area contributed by atoms with E-state index in [1.54, 1.807) is 12.0 Å². The third kappa shape index (κ3) is 4.40. The van der Waals surface area contributed by atoms with Crippen molar-refractivity contribution in [2.75, 3.05) is 26.8 Å². The molecule has 2 amide bonds. The molecule has 37 heavy (non-hydrogen) atoms. The molecule has 3 heterocycles. The van der Waals surface area contributed by atoms with Crippen LogP contribution < -0.4 is 11.2 Å². The fourth-order valence-electron chi connectivity index (χ4n) is 6.43. The average Bonchev–Trinajstić information content (AvgIpc) is 2.86. The van der Waals surface area contributed by atoms with Gasteiger partial charge in [-0.3, -0.25) is 19.3 Å². The molecule has 3 aliphatic rings. The highest BCUT2D eigenvalue weighted by Gasteiger charge is 2.51. The van der Waals surface area contributed by atoms with Gasteiger partial charge >= 0.3 is 0 Å². The molecule has 0 bridgehead atoms. The Morgan fingerprint density at radius 3 is 2.70 bits per heavy atom. The fraction of sp³-hybridized carbons (Fsp3) is 0.500. The number of pyridine rings is 1. The van der Waals surface area contributed by atoms with Gasteiger partial charge in [-0.25, -0.2) is 8.78 Å². The topological polar surface area (TPSA) is 118 Å². The number of ether oxygens (including phenoxy) is 1. The van der Waals surface area contributed by atoms with Crippen molar-refractivity contribution in [1.82, 2.24) is 14.4 Å². The summed E-state index contributed by atoms with van der Waals surface area (Å²) in [5, 5.41) is 10.7. The summed E-state index contributed by atoms with van der Waals surface area (Å²) in [4.78, 5) is 42.3. The van der Waals surface area contributed by atoms with Gasteiger partial charge in [-0.2, -0.15) is 0 Å². The van der Waals surface area contributed by atoms with Crippen LogP contribution in [0, 0.1) is 23.5 Å². The molecule has 4 unspecified atom stereocenters. The van der Waals surface area contributed by atoms with Crippen molar-refractivity contribution in [3.63, 3.8) is 0 Å². The molecular formula is C26H30F2N4O5. The Morgan fingerprint density at radius 1 is 1.22 bits per heavy atom. The lowest BCUT2D eigenvalue weighted by Gasteiger charge is -2.57. The van der Waals surface area contributed by atoms with E-state index in [-0.39, 0.29) is 35.7 Å². The molecule has 198 valence electrons. The van der Waals surface area contributed by atoms with E-state index in [1.165, 1.54) is 22.9 Å². The summed E-state index contributed by atoms with van der Waals surface area (Å²) in [7, 11) is 1.60. The van der Waals surface area contributed by atoms with E-state index in [9.17, 15) is 28.3 Å². The number of aromatic hydroxyl groups is 1. The number of fused-ring (bicyclic) bond motifs is 4. The Hall–Kier alpha value is -3.31. The fourth-order valence-corrected chi connectivity index (χ4v) is 6.43. The molecule has 4 atom stereocenters. The Balaban J connectivity index is 1.58. The van der Waals surface area contributed by atoms with E-state index in [0.717, 1.165) is 25.3 Å². The van der Waals surface area contributed by atoms with Crippen molar-refractivity contribution in [3.8, 4) is 5.75 Å². The van der Waals surface area contributed by atoms with Crippen LogP contribution in [-0.2, 0) is 17.7 Å². The van der Waals surface area contributed by atoms with Gasteiger partial charge in [-0.05, 0) is 42.7 Å². The standard InChI is InChI=1S/C26H30F2N4O5/c1-37-8-7-30-11-16-4-2-3-15(9-14-5-6-17(27)10-19(14)28)21(16)32-20(30)13-31-12-18(25(29)35)23(33)24(34)22(31)26(32)36/h5-6,10,12,15-16,20-21,34H,2-4,7-9,11,13H2,1H3,(H2,29,35). The molecule has 2 aliphatic heterocycles. The van der Waals surface area contributed by atoms with Crippen molar-refractivity contribution in [1.29, 1.82) is 0 Å². The number of rotatable bonds is 6. The van der Waals surface area contributed by atoms with Gasteiger partial charge in [0.1, 0.15) is 23.4 Å². The molecule has 5 rings (SSSR count). The number of carbonyl (C=O) groups is 2. The first kappa shape index (κ1) is 25.3. The second-order valence-corrected chi connectivity index (χ2v) is 10.1. The zero-order valence-corrected chi connectivity index (χ0v) is 20.5. The second kappa shape index (κ2) is 9.86. The van der Waals surface area contributed by atoms with Crippen LogP contribution in [0.4, 0.5) is 8.78 Å². The van der Waals surface area contributed by atoms with Crippen LogP contribution in [0.25, 0.3) is 0 Å². The summed E-state index contributed by atoms with van der Waals surface area (Å²) in [6, 6.07) is 3.28. The number of nitrogens with two attached hydrogens (primary N) is 1. The van der Waals surface area contributed by atoms with Crippen LogP contribution in [0.3, 0.4) is 0 Å². The van der Waals surface area contributed by atoms with Gasteiger partial charge in [0, 0.05) is 38.5 Å². The van der Waals surface area contributed by atoms with Gasteiger partial charge in [0.15, 0.2) is 11.4 Å². The quantitative estimate of drug-likeness (QED) is 0.604. The normalized spacial score (nSPS) is 25.4. The minimum absolute atomic E-state index is 0.0876. The van der Waals surface area contributed by atoms with Gasteiger partial charge in [0.2, 0.25) is 5.43 Å². The van der Waals surface area contributed by atoms with Crippen molar-refractivity contribution in [3.05, 3.63) is 63.1 Å². The summed E-state index contributed by atoms with van der Waals surface area (Å²) < 4.78 is 34.8. The predicted octanol–water partition coefficient (Wildman–Crippen LogP) is 1.70. The van der Waals surface area contributed by atoms with Gasteiger partial charge in [-0.15, -0.1) is 0 Å². The number of hydrogen-bond acceptors (Lipinski definition) is 6. The van der Waals surface area contributed by atoms with Crippen molar-refractivity contribution in [2.24, 2.45) is 17.6 Å². The molecular weight excluding hydrogens is 486 g/mol. The monoisotopic (exact) mass is 516 g/mol. The third-order valence-corrected chi connectivity index (χ3v) is 8.05. The number of primary amides is 1. The molecule has 3 N–H and O–H groups in total. The number of carbonyl (C=O) groups excluding carboxylic acids is 2. The summed E-state index contributed by atoms with van der Waals surface area (Å²) in [6.07, 6.45) is 3.67. The molecule has 1 aliphatic carbocycles. The lowest BCUT2D eigenvalue weighted by molar-refractivity contribution is -0.0952. The number of halogens is 2. The van der Waals surface area contributed by atoms with Crippen molar-refractivity contribution >= 4 is 11.8 Å². The number of benzene rings is 1. The highest BCUT2D eigenvalue weighted by Crippen LogP contribution is 2.43. The van der Waals surface area contributed by atoms with Gasteiger partial charge < -0.3 is 25.0 Å². The lowest BCUT2D eigenvalue weighted by atomic mass is 9.71. The molecule has 0 radical (unpaired) electrons. The first-order chi connectivity index (χ1) is 17.7. The number of aromatic nitrogens is 1. The maximum Gasteiger partial charge on any atom is 0.276 e. The Labute approximate surface area is 212 Å². The van der Waals surface area contributed by atoms with Gasteiger partial charge in [0.05, 0.1) is 13.2 Å². The number of nitrogens with zero attached hydrogens (tertiary/aromatic N) is 3. The van der Waals surface area contributed by atoms with E-state index >= 15 is 0 Å². The van der Waals surface area contributed by atoms with Crippen LogP contribution in [0.5, 0.6) is 5.75 Å². The molecule has 1 aromatic heterocycles. The maximum absolute atomic E-state index is 14.6.